The average Bonchev–Trinajstić information content (AvgIpc) is 2.58. The Hall–Kier alpha value is -2.62. The highest BCUT2D eigenvalue weighted by molar-refractivity contribution is 5.95. The molecule has 0 aromatic heterocycles. The van der Waals surface area contributed by atoms with Crippen LogP contribution >= 0.6 is 0 Å². The van der Waals surface area contributed by atoms with Crippen molar-refractivity contribution in [3.05, 3.63) is 65.2 Å². The van der Waals surface area contributed by atoms with Crippen molar-refractivity contribution in [2.24, 2.45) is 0 Å². The molecule has 0 spiro atoms. The van der Waals surface area contributed by atoms with E-state index in [-0.39, 0.29) is 11.8 Å². The summed E-state index contributed by atoms with van der Waals surface area (Å²) in [6.07, 6.45) is 0.857. The van der Waals surface area contributed by atoms with Gasteiger partial charge >= 0.3 is 0 Å². The van der Waals surface area contributed by atoms with Crippen molar-refractivity contribution in [1.82, 2.24) is 5.32 Å². The molecule has 24 heavy (non-hydrogen) atoms. The fourth-order valence-electron chi connectivity index (χ4n) is 2.69. The minimum Gasteiger partial charge on any atom is -0.350 e. The second kappa shape index (κ2) is 8.29. The summed E-state index contributed by atoms with van der Waals surface area (Å²) in [5, 5.41) is 2.89. The lowest BCUT2D eigenvalue weighted by molar-refractivity contribution is -0.116. The SMILES string of the molecule is CCc1ccccc1N(CCNC(=O)c1cccc(C)c1)C(C)=O. The molecule has 2 aromatic rings. The number of anilines is 1. The largest absolute Gasteiger partial charge is 0.350 e. The Morgan fingerprint density at radius 1 is 1.08 bits per heavy atom. The van der Waals surface area contributed by atoms with Gasteiger partial charge in [0, 0.05) is 31.3 Å². The summed E-state index contributed by atoms with van der Waals surface area (Å²) in [5.41, 5.74) is 3.72. The van der Waals surface area contributed by atoms with E-state index in [1.165, 1.54) is 0 Å². The second-order valence-corrected chi connectivity index (χ2v) is 5.78. The predicted molar refractivity (Wildman–Crippen MR) is 97.4 cm³/mol. The number of carbonyl (C=O) groups excluding carboxylic acids is 2. The lowest BCUT2D eigenvalue weighted by atomic mass is 10.1. The van der Waals surface area contributed by atoms with Crippen molar-refractivity contribution in [2.45, 2.75) is 27.2 Å². The van der Waals surface area contributed by atoms with Crippen LogP contribution in [0.1, 0.15) is 35.3 Å². The first kappa shape index (κ1) is 17.7. The Morgan fingerprint density at radius 2 is 1.83 bits per heavy atom. The van der Waals surface area contributed by atoms with E-state index in [9.17, 15) is 9.59 Å². The minimum atomic E-state index is -0.119. The van der Waals surface area contributed by atoms with Crippen LogP contribution in [0.5, 0.6) is 0 Å². The first-order valence-electron chi connectivity index (χ1n) is 8.23. The van der Waals surface area contributed by atoms with E-state index in [0.717, 1.165) is 23.2 Å². The van der Waals surface area contributed by atoms with E-state index >= 15 is 0 Å². The third kappa shape index (κ3) is 4.44. The zero-order valence-corrected chi connectivity index (χ0v) is 14.5. The van der Waals surface area contributed by atoms with Gasteiger partial charge < -0.3 is 10.2 Å². The molecule has 0 aliphatic heterocycles. The summed E-state index contributed by atoms with van der Waals surface area (Å²) in [6, 6.07) is 15.3. The summed E-state index contributed by atoms with van der Waals surface area (Å²) < 4.78 is 0. The summed E-state index contributed by atoms with van der Waals surface area (Å²) >= 11 is 0. The molecule has 0 radical (unpaired) electrons. The summed E-state index contributed by atoms with van der Waals surface area (Å²) in [4.78, 5) is 25.9. The number of nitrogens with one attached hydrogen (secondary N) is 1. The number of hydrogen-bond acceptors (Lipinski definition) is 2. The van der Waals surface area contributed by atoms with E-state index in [4.69, 9.17) is 0 Å². The van der Waals surface area contributed by atoms with Crippen LogP contribution in [-0.4, -0.2) is 24.9 Å². The molecule has 4 heteroatoms. The highest BCUT2D eigenvalue weighted by Gasteiger charge is 2.14. The quantitative estimate of drug-likeness (QED) is 0.886. The molecule has 126 valence electrons. The summed E-state index contributed by atoms with van der Waals surface area (Å²) in [7, 11) is 0. The zero-order valence-electron chi connectivity index (χ0n) is 14.5. The van der Waals surface area contributed by atoms with E-state index in [1.807, 2.05) is 49.4 Å². The van der Waals surface area contributed by atoms with Gasteiger partial charge in [-0.3, -0.25) is 9.59 Å². The topological polar surface area (TPSA) is 49.4 Å². The smallest absolute Gasteiger partial charge is 0.251 e. The molecule has 0 unspecified atom stereocenters. The number of para-hydroxylation sites is 1. The fourth-order valence-corrected chi connectivity index (χ4v) is 2.69. The molecular weight excluding hydrogens is 300 g/mol. The number of rotatable bonds is 6. The van der Waals surface area contributed by atoms with Crippen LogP contribution in [-0.2, 0) is 11.2 Å². The molecule has 2 amide bonds. The standard InChI is InChI=1S/C20H24N2O2/c1-4-17-9-5-6-11-19(17)22(16(3)23)13-12-21-20(24)18-10-7-8-15(2)14-18/h5-11,14H,4,12-13H2,1-3H3,(H,21,24). The molecule has 0 saturated carbocycles. The van der Waals surface area contributed by atoms with Gasteiger partial charge in [0.1, 0.15) is 0 Å². The van der Waals surface area contributed by atoms with Gasteiger partial charge in [0.25, 0.3) is 5.91 Å². The number of aryl methyl sites for hydroxylation is 2. The van der Waals surface area contributed by atoms with Gasteiger partial charge in [-0.15, -0.1) is 0 Å². The third-order valence-electron chi connectivity index (χ3n) is 3.94. The number of nitrogens with zero attached hydrogens (tertiary/aromatic N) is 1. The van der Waals surface area contributed by atoms with Gasteiger partial charge in [-0.25, -0.2) is 0 Å². The van der Waals surface area contributed by atoms with Crippen LogP contribution in [0.2, 0.25) is 0 Å². The fraction of sp³-hybridized carbons (Fsp3) is 0.300. The number of benzene rings is 2. The minimum absolute atomic E-state index is 0.0271. The Morgan fingerprint density at radius 3 is 2.50 bits per heavy atom. The Kier molecular flexibility index (Phi) is 6.13. The van der Waals surface area contributed by atoms with Crippen molar-refractivity contribution in [3.63, 3.8) is 0 Å². The Bertz CT molecular complexity index is 725. The lowest BCUT2D eigenvalue weighted by Gasteiger charge is -2.24. The monoisotopic (exact) mass is 324 g/mol. The highest BCUT2D eigenvalue weighted by Crippen LogP contribution is 2.20. The third-order valence-corrected chi connectivity index (χ3v) is 3.94. The van der Waals surface area contributed by atoms with Crippen molar-refractivity contribution in [3.8, 4) is 0 Å². The predicted octanol–water partition coefficient (Wildman–Crippen LogP) is 3.34. The van der Waals surface area contributed by atoms with Gasteiger partial charge in [0.15, 0.2) is 0 Å². The number of carbonyl (C=O) groups is 2. The van der Waals surface area contributed by atoms with Gasteiger partial charge in [0.05, 0.1) is 0 Å². The second-order valence-electron chi connectivity index (χ2n) is 5.78. The molecule has 2 aromatic carbocycles. The van der Waals surface area contributed by atoms with Crippen LogP contribution in [0.3, 0.4) is 0 Å². The number of amides is 2. The molecule has 4 nitrogen and oxygen atoms in total. The normalized spacial score (nSPS) is 10.3. The van der Waals surface area contributed by atoms with E-state index < -0.39 is 0 Å². The maximum absolute atomic E-state index is 12.2. The number of hydrogen-bond donors (Lipinski definition) is 1. The molecular formula is C20H24N2O2. The molecule has 0 aliphatic rings. The Labute approximate surface area is 143 Å². The lowest BCUT2D eigenvalue weighted by Crippen LogP contribution is -2.38. The molecule has 1 N–H and O–H groups in total. The van der Waals surface area contributed by atoms with Gasteiger partial charge in [-0.2, -0.15) is 0 Å². The summed E-state index contributed by atoms with van der Waals surface area (Å²) in [6.45, 7) is 6.43. The molecule has 0 heterocycles. The van der Waals surface area contributed by atoms with E-state index in [0.29, 0.717) is 18.7 Å². The first-order chi connectivity index (χ1) is 11.5. The average molecular weight is 324 g/mol. The maximum atomic E-state index is 12.2. The summed E-state index contributed by atoms with van der Waals surface area (Å²) in [5.74, 6) is -0.147. The molecule has 2 rings (SSSR count). The van der Waals surface area contributed by atoms with E-state index in [1.54, 1.807) is 17.9 Å². The van der Waals surface area contributed by atoms with Crippen molar-refractivity contribution < 1.29 is 9.59 Å². The van der Waals surface area contributed by atoms with Crippen LogP contribution in [0.25, 0.3) is 0 Å². The van der Waals surface area contributed by atoms with Gasteiger partial charge in [-0.05, 0) is 37.1 Å². The van der Waals surface area contributed by atoms with Crippen molar-refractivity contribution in [2.75, 3.05) is 18.0 Å². The molecule has 0 aliphatic carbocycles. The van der Waals surface area contributed by atoms with Crippen LogP contribution < -0.4 is 10.2 Å². The zero-order chi connectivity index (χ0) is 17.5. The van der Waals surface area contributed by atoms with E-state index in [2.05, 4.69) is 12.2 Å². The van der Waals surface area contributed by atoms with Gasteiger partial charge in [-0.1, -0.05) is 42.8 Å². The highest BCUT2D eigenvalue weighted by atomic mass is 16.2. The Balaban J connectivity index is 2.02. The van der Waals surface area contributed by atoms with Gasteiger partial charge in [0.2, 0.25) is 5.91 Å². The maximum Gasteiger partial charge on any atom is 0.251 e. The van der Waals surface area contributed by atoms with Crippen molar-refractivity contribution >= 4 is 17.5 Å². The van der Waals surface area contributed by atoms with Crippen LogP contribution in [0.15, 0.2) is 48.5 Å². The molecule has 0 fully saturated rings. The molecule has 0 bridgehead atoms. The first-order valence-corrected chi connectivity index (χ1v) is 8.23. The molecule has 0 atom stereocenters. The van der Waals surface area contributed by atoms with Crippen molar-refractivity contribution in [1.29, 1.82) is 0 Å². The molecule has 0 saturated heterocycles. The van der Waals surface area contributed by atoms with Crippen LogP contribution in [0.4, 0.5) is 5.69 Å². The van der Waals surface area contributed by atoms with Crippen LogP contribution in [0, 0.1) is 6.92 Å².